The summed E-state index contributed by atoms with van der Waals surface area (Å²) >= 11 is 0. The minimum atomic E-state index is -0.361. The molecule has 2 aromatic carbocycles. The molecule has 0 aromatic heterocycles. The fourth-order valence-corrected chi connectivity index (χ4v) is 3.05. The quantitative estimate of drug-likeness (QED) is 0.827. The van der Waals surface area contributed by atoms with Gasteiger partial charge in [-0.1, -0.05) is 37.3 Å². The van der Waals surface area contributed by atoms with Gasteiger partial charge >= 0.3 is 0 Å². The van der Waals surface area contributed by atoms with Crippen molar-refractivity contribution in [2.75, 3.05) is 0 Å². The van der Waals surface area contributed by atoms with E-state index < -0.39 is 0 Å². The maximum absolute atomic E-state index is 12.4. The number of rotatable bonds is 2. The molecule has 0 radical (unpaired) electrons. The second-order valence-electron chi connectivity index (χ2n) is 6.00. The number of nitrogens with one attached hydrogen (secondary N) is 1. The summed E-state index contributed by atoms with van der Waals surface area (Å²) < 4.78 is 0. The number of hydrogen-bond acceptors (Lipinski definition) is 3. The summed E-state index contributed by atoms with van der Waals surface area (Å²) in [6, 6.07) is 10.9. The number of hydrogen-bond donors (Lipinski definition) is 2. The highest BCUT2D eigenvalue weighted by atomic mass is 16.3. The highest BCUT2D eigenvalue weighted by Gasteiger charge is 2.17. The second-order valence-corrected chi connectivity index (χ2v) is 6.00. The molecule has 22 heavy (non-hydrogen) atoms. The van der Waals surface area contributed by atoms with Crippen LogP contribution in [-0.4, -0.2) is 16.7 Å². The Morgan fingerprint density at radius 1 is 1.27 bits per heavy atom. The topological polar surface area (TPSA) is 61.7 Å². The summed E-state index contributed by atoms with van der Waals surface area (Å²) in [7, 11) is 0. The third-order valence-electron chi connectivity index (χ3n) is 4.20. The lowest BCUT2D eigenvalue weighted by Crippen LogP contribution is -2.22. The highest BCUT2D eigenvalue weighted by molar-refractivity contribution is 6.09. The highest BCUT2D eigenvalue weighted by Crippen LogP contribution is 2.27. The van der Waals surface area contributed by atoms with E-state index in [-0.39, 0.29) is 17.2 Å². The number of hydrazone groups is 1. The molecule has 0 spiro atoms. The van der Waals surface area contributed by atoms with Gasteiger partial charge in [-0.25, -0.2) is 5.43 Å². The average molecular weight is 296 g/mol. The van der Waals surface area contributed by atoms with E-state index >= 15 is 0 Å². The fourth-order valence-electron chi connectivity index (χ4n) is 3.05. The molecular formula is C18H20N2O2. The summed E-state index contributed by atoms with van der Waals surface area (Å²) in [5, 5.41) is 16.0. The van der Waals surface area contributed by atoms with Gasteiger partial charge in [0.1, 0.15) is 5.75 Å². The number of carbonyl (C=O) groups is 1. The largest absolute Gasteiger partial charge is 0.507 e. The minimum Gasteiger partial charge on any atom is -0.507 e. The molecule has 3 rings (SSSR count). The van der Waals surface area contributed by atoms with Crippen molar-refractivity contribution in [2.45, 2.75) is 32.6 Å². The van der Waals surface area contributed by atoms with E-state index in [2.05, 4.69) is 17.5 Å². The smallest absolute Gasteiger partial charge is 0.275 e. The molecule has 114 valence electrons. The van der Waals surface area contributed by atoms with Crippen LogP contribution in [0.2, 0.25) is 0 Å². The number of amides is 1. The number of aromatic hydroxyl groups is 1. The summed E-state index contributed by atoms with van der Waals surface area (Å²) in [6.45, 7) is 2.20. The molecule has 0 bridgehead atoms. The van der Waals surface area contributed by atoms with Gasteiger partial charge in [-0.2, -0.15) is 5.10 Å². The van der Waals surface area contributed by atoms with Crippen molar-refractivity contribution in [1.82, 2.24) is 5.43 Å². The SMILES string of the molecule is CC1CCC/C(=N/NC(=O)c2c(O)ccc3ccccc23)C1. The van der Waals surface area contributed by atoms with E-state index in [0.717, 1.165) is 35.7 Å². The number of phenolic OH excluding ortho intramolecular Hbond substituents is 1. The molecule has 4 heteroatoms. The van der Waals surface area contributed by atoms with Crippen molar-refractivity contribution in [3.8, 4) is 5.75 Å². The third-order valence-corrected chi connectivity index (χ3v) is 4.20. The second kappa shape index (κ2) is 6.18. The van der Waals surface area contributed by atoms with Gasteiger partial charge in [0, 0.05) is 5.71 Å². The summed E-state index contributed by atoms with van der Waals surface area (Å²) in [6.07, 6.45) is 4.21. The molecular weight excluding hydrogens is 276 g/mol. The Balaban J connectivity index is 1.86. The van der Waals surface area contributed by atoms with Crippen LogP contribution in [0.3, 0.4) is 0 Å². The van der Waals surface area contributed by atoms with Gasteiger partial charge in [0.2, 0.25) is 0 Å². The van der Waals surface area contributed by atoms with Gasteiger partial charge in [-0.3, -0.25) is 4.79 Å². The Hall–Kier alpha value is -2.36. The van der Waals surface area contributed by atoms with E-state index in [1.807, 2.05) is 24.3 Å². The molecule has 1 amide bonds. The van der Waals surface area contributed by atoms with Gasteiger partial charge in [-0.15, -0.1) is 0 Å². The molecule has 1 aliphatic rings. The van der Waals surface area contributed by atoms with Crippen LogP contribution < -0.4 is 5.43 Å². The third kappa shape index (κ3) is 2.96. The molecule has 4 nitrogen and oxygen atoms in total. The fraction of sp³-hybridized carbons (Fsp3) is 0.333. The minimum absolute atomic E-state index is 0.0200. The molecule has 2 N–H and O–H groups in total. The molecule has 2 aromatic rings. The molecule has 1 fully saturated rings. The first-order chi connectivity index (χ1) is 10.6. The van der Waals surface area contributed by atoms with Gasteiger partial charge in [0.05, 0.1) is 5.56 Å². The molecule has 0 aliphatic heterocycles. The maximum atomic E-state index is 12.4. The van der Waals surface area contributed by atoms with E-state index in [1.54, 1.807) is 12.1 Å². The van der Waals surface area contributed by atoms with Crippen molar-refractivity contribution in [2.24, 2.45) is 11.0 Å². The number of benzene rings is 2. The zero-order valence-corrected chi connectivity index (χ0v) is 12.7. The van der Waals surface area contributed by atoms with E-state index in [0.29, 0.717) is 5.92 Å². The Morgan fingerprint density at radius 2 is 2.09 bits per heavy atom. The number of carbonyl (C=O) groups excluding carboxylic acids is 1. The van der Waals surface area contributed by atoms with Crippen LogP contribution in [0.25, 0.3) is 10.8 Å². The Kier molecular flexibility index (Phi) is 4.09. The van der Waals surface area contributed by atoms with Crippen molar-refractivity contribution in [3.63, 3.8) is 0 Å². The first-order valence-electron chi connectivity index (χ1n) is 7.71. The van der Waals surface area contributed by atoms with E-state index in [9.17, 15) is 9.90 Å². The lowest BCUT2D eigenvalue weighted by molar-refractivity contribution is 0.0953. The van der Waals surface area contributed by atoms with Gasteiger partial charge < -0.3 is 5.11 Å². The van der Waals surface area contributed by atoms with Crippen molar-refractivity contribution in [3.05, 3.63) is 42.0 Å². The molecule has 1 unspecified atom stereocenters. The van der Waals surface area contributed by atoms with E-state index in [1.165, 1.54) is 6.42 Å². The van der Waals surface area contributed by atoms with Crippen molar-refractivity contribution >= 4 is 22.4 Å². The van der Waals surface area contributed by atoms with Crippen LogP contribution in [0.15, 0.2) is 41.5 Å². The Labute approximate surface area is 129 Å². The summed E-state index contributed by atoms with van der Waals surface area (Å²) in [5.41, 5.74) is 3.93. The monoisotopic (exact) mass is 296 g/mol. The first-order valence-corrected chi connectivity index (χ1v) is 7.71. The van der Waals surface area contributed by atoms with Crippen molar-refractivity contribution < 1.29 is 9.90 Å². The van der Waals surface area contributed by atoms with Crippen LogP contribution in [0.5, 0.6) is 5.75 Å². The van der Waals surface area contributed by atoms with Crippen LogP contribution in [0.1, 0.15) is 43.0 Å². The normalized spacial score (nSPS) is 20.2. The van der Waals surface area contributed by atoms with Crippen LogP contribution >= 0.6 is 0 Å². The van der Waals surface area contributed by atoms with Gasteiger partial charge in [0.25, 0.3) is 5.91 Å². The zero-order valence-electron chi connectivity index (χ0n) is 12.7. The Morgan fingerprint density at radius 3 is 2.91 bits per heavy atom. The van der Waals surface area contributed by atoms with Gasteiger partial charge in [-0.05, 0) is 48.4 Å². The lowest BCUT2D eigenvalue weighted by Gasteiger charge is -2.19. The molecule has 1 aliphatic carbocycles. The Bertz CT molecular complexity index is 737. The predicted octanol–water partition coefficient (Wildman–Crippen LogP) is 3.84. The van der Waals surface area contributed by atoms with Crippen molar-refractivity contribution in [1.29, 1.82) is 0 Å². The number of nitrogens with zero attached hydrogens (tertiary/aromatic N) is 1. The summed E-state index contributed by atoms with van der Waals surface area (Å²) in [4.78, 5) is 12.4. The standard InChI is InChI=1S/C18H20N2O2/c1-12-5-4-7-14(11-12)19-20-18(22)17-15-8-3-2-6-13(15)9-10-16(17)21/h2-3,6,8-10,12,21H,4-5,7,11H2,1H3,(H,20,22)/b19-14-. The number of fused-ring (bicyclic) bond motifs is 1. The van der Waals surface area contributed by atoms with Crippen LogP contribution in [0, 0.1) is 5.92 Å². The van der Waals surface area contributed by atoms with Crippen LogP contribution in [0.4, 0.5) is 0 Å². The van der Waals surface area contributed by atoms with E-state index in [4.69, 9.17) is 0 Å². The molecule has 1 atom stereocenters. The average Bonchev–Trinajstić information content (AvgIpc) is 2.52. The lowest BCUT2D eigenvalue weighted by atomic mass is 9.89. The molecule has 0 saturated heterocycles. The predicted molar refractivity (Wildman–Crippen MR) is 88.1 cm³/mol. The summed E-state index contributed by atoms with van der Waals surface area (Å²) in [5.74, 6) is 0.240. The zero-order chi connectivity index (χ0) is 15.5. The maximum Gasteiger partial charge on any atom is 0.275 e. The first kappa shape index (κ1) is 14.6. The number of phenols is 1. The molecule has 0 heterocycles. The van der Waals surface area contributed by atoms with Gasteiger partial charge in [0.15, 0.2) is 0 Å². The molecule has 1 saturated carbocycles. The van der Waals surface area contributed by atoms with Crippen LogP contribution in [-0.2, 0) is 0 Å².